The molecule has 1 N–H and O–H groups in total. The van der Waals surface area contributed by atoms with Crippen molar-refractivity contribution in [2.24, 2.45) is 0 Å². The van der Waals surface area contributed by atoms with Crippen molar-refractivity contribution in [2.75, 3.05) is 6.54 Å². The van der Waals surface area contributed by atoms with Crippen LogP contribution in [-0.2, 0) is 13.0 Å². The molecule has 0 amide bonds. The molecule has 1 aliphatic rings. The van der Waals surface area contributed by atoms with Crippen LogP contribution in [0.5, 0.6) is 0 Å². The van der Waals surface area contributed by atoms with Gasteiger partial charge in [-0.1, -0.05) is 6.07 Å². The number of rotatable bonds is 2. The monoisotopic (exact) mass is 288 g/mol. The van der Waals surface area contributed by atoms with E-state index < -0.39 is 0 Å². The van der Waals surface area contributed by atoms with Gasteiger partial charge in [0.05, 0.1) is 10.4 Å². The molecule has 0 atom stereocenters. The number of H-pyrrole nitrogens is 1. The van der Waals surface area contributed by atoms with Crippen LogP contribution in [0.2, 0.25) is 0 Å². The van der Waals surface area contributed by atoms with E-state index >= 15 is 0 Å². The third-order valence-corrected chi connectivity index (χ3v) is 5.41. The molecule has 0 spiro atoms. The van der Waals surface area contributed by atoms with E-state index in [-0.39, 0.29) is 0 Å². The number of aromatic amines is 1. The van der Waals surface area contributed by atoms with Crippen molar-refractivity contribution < 1.29 is 0 Å². The van der Waals surface area contributed by atoms with Crippen molar-refractivity contribution in [3.63, 3.8) is 0 Å². The SMILES string of the molecule is c1csc(SN2CCc3c(cnc4[nH]ncc34)C2)c1. The lowest BCUT2D eigenvalue weighted by Crippen LogP contribution is -2.24. The van der Waals surface area contributed by atoms with Crippen LogP contribution in [0.25, 0.3) is 11.0 Å². The predicted molar refractivity (Wildman–Crippen MR) is 78.2 cm³/mol. The predicted octanol–water partition coefficient (Wildman–Crippen LogP) is 3.08. The van der Waals surface area contributed by atoms with Crippen molar-refractivity contribution in [2.45, 2.75) is 17.2 Å². The zero-order valence-corrected chi connectivity index (χ0v) is 11.8. The molecule has 96 valence electrons. The van der Waals surface area contributed by atoms with E-state index in [9.17, 15) is 0 Å². The van der Waals surface area contributed by atoms with Gasteiger partial charge in [0.1, 0.15) is 0 Å². The zero-order chi connectivity index (χ0) is 12.7. The minimum Gasteiger partial charge on any atom is -0.261 e. The molecule has 3 aromatic rings. The lowest BCUT2D eigenvalue weighted by atomic mass is 10.0. The average molecular weight is 288 g/mol. The van der Waals surface area contributed by atoms with Gasteiger partial charge in [-0.05, 0) is 40.9 Å². The Morgan fingerprint density at radius 3 is 3.26 bits per heavy atom. The summed E-state index contributed by atoms with van der Waals surface area (Å²) in [5.41, 5.74) is 3.63. The third kappa shape index (κ3) is 2.05. The number of hydrogen-bond donors (Lipinski definition) is 1. The van der Waals surface area contributed by atoms with Gasteiger partial charge in [-0.2, -0.15) is 5.10 Å². The highest BCUT2D eigenvalue weighted by Crippen LogP contribution is 2.33. The van der Waals surface area contributed by atoms with Gasteiger partial charge in [-0.3, -0.25) is 5.10 Å². The van der Waals surface area contributed by atoms with E-state index in [1.165, 1.54) is 20.7 Å². The molecule has 0 saturated carbocycles. The molecule has 3 aromatic heterocycles. The Labute approximate surface area is 119 Å². The van der Waals surface area contributed by atoms with Crippen LogP contribution in [0.3, 0.4) is 0 Å². The van der Waals surface area contributed by atoms with Gasteiger partial charge < -0.3 is 0 Å². The summed E-state index contributed by atoms with van der Waals surface area (Å²) < 4.78 is 3.75. The number of nitrogens with zero attached hydrogens (tertiary/aromatic N) is 3. The molecule has 4 nitrogen and oxygen atoms in total. The van der Waals surface area contributed by atoms with Crippen LogP contribution in [0.1, 0.15) is 11.1 Å². The minimum absolute atomic E-state index is 0.901. The van der Waals surface area contributed by atoms with Crippen molar-refractivity contribution in [1.82, 2.24) is 19.5 Å². The molecular weight excluding hydrogens is 276 g/mol. The van der Waals surface area contributed by atoms with E-state index in [4.69, 9.17) is 0 Å². The number of nitrogens with one attached hydrogen (secondary N) is 1. The summed E-state index contributed by atoms with van der Waals surface area (Å²) in [6, 6.07) is 4.27. The molecule has 19 heavy (non-hydrogen) atoms. The number of aromatic nitrogens is 3. The molecule has 6 heteroatoms. The fourth-order valence-corrected chi connectivity index (χ4v) is 4.33. The third-order valence-electron chi connectivity index (χ3n) is 3.35. The lowest BCUT2D eigenvalue weighted by Gasteiger charge is -2.27. The highest BCUT2D eigenvalue weighted by atomic mass is 32.2. The van der Waals surface area contributed by atoms with Crippen LogP contribution in [0.15, 0.2) is 34.1 Å². The second-order valence-electron chi connectivity index (χ2n) is 4.53. The molecular formula is C13H12N4S2. The summed E-state index contributed by atoms with van der Waals surface area (Å²) in [5, 5.41) is 10.3. The highest BCUT2D eigenvalue weighted by Gasteiger charge is 2.20. The van der Waals surface area contributed by atoms with Crippen molar-refractivity contribution in [1.29, 1.82) is 0 Å². The molecule has 0 unspecified atom stereocenters. The maximum absolute atomic E-state index is 4.43. The molecule has 0 bridgehead atoms. The molecule has 1 aliphatic heterocycles. The zero-order valence-electron chi connectivity index (χ0n) is 10.2. The fourth-order valence-electron chi connectivity index (χ4n) is 2.45. The molecule has 0 saturated heterocycles. The lowest BCUT2D eigenvalue weighted by molar-refractivity contribution is 0.445. The van der Waals surface area contributed by atoms with Crippen LogP contribution in [0, 0.1) is 0 Å². The van der Waals surface area contributed by atoms with E-state index in [1.807, 2.05) is 24.3 Å². The number of pyridine rings is 1. The molecule has 4 rings (SSSR count). The molecule has 0 radical (unpaired) electrons. The van der Waals surface area contributed by atoms with Gasteiger partial charge in [-0.15, -0.1) is 11.3 Å². The molecule has 0 fully saturated rings. The Morgan fingerprint density at radius 2 is 2.37 bits per heavy atom. The quantitative estimate of drug-likeness (QED) is 0.736. The Morgan fingerprint density at radius 1 is 1.37 bits per heavy atom. The van der Waals surface area contributed by atoms with Gasteiger partial charge in [-0.25, -0.2) is 9.29 Å². The second kappa shape index (κ2) is 4.63. The molecule has 0 aromatic carbocycles. The normalized spacial score (nSPS) is 15.8. The molecule has 0 aliphatic carbocycles. The van der Waals surface area contributed by atoms with Crippen LogP contribution in [-0.4, -0.2) is 26.0 Å². The van der Waals surface area contributed by atoms with Crippen molar-refractivity contribution in [3.8, 4) is 0 Å². The summed E-state index contributed by atoms with van der Waals surface area (Å²) in [6.45, 7) is 2.02. The van der Waals surface area contributed by atoms with Crippen molar-refractivity contribution in [3.05, 3.63) is 41.0 Å². The van der Waals surface area contributed by atoms with Gasteiger partial charge in [0, 0.05) is 24.7 Å². The van der Waals surface area contributed by atoms with Crippen LogP contribution < -0.4 is 0 Å². The first-order valence-electron chi connectivity index (χ1n) is 6.16. The van der Waals surface area contributed by atoms with E-state index in [0.717, 1.165) is 25.2 Å². The Bertz CT molecular complexity index is 705. The van der Waals surface area contributed by atoms with E-state index in [1.54, 1.807) is 11.3 Å². The number of hydrogen-bond acceptors (Lipinski definition) is 5. The average Bonchev–Trinajstić information content (AvgIpc) is 3.08. The number of fused-ring (bicyclic) bond motifs is 3. The standard InChI is InChI=1S/C13H12N4S2/c1-2-12(18-5-1)19-17-4-3-10-9(8-17)6-14-13-11(10)7-15-16-13/h1-2,5-7H,3-4,8H2,(H,14,15,16). The van der Waals surface area contributed by atoms with Crippen molar-refractivity contribution >= 4 is 34.3 Å². The Hall–Kier alpha value is -1.37. The highest BCUT2D eigenvalue weighted by molar-refractivity contribution is 7.98. The maximum Gasteiger partial charge on any atom is 0.155 e. The van der Waals surface area contributed by atoms with Crippen LogP contribution in [0.4, 0.5) is 0 Å². The van der Waals surface area contributed by atoms with Gasteiger partial charge in [0.25, 0.3) is 0 Å². The summed E-state index contributed by atoms with van der Waals surface area (Å²) in [5.74, 6) is 0. The van der Waals surface area contributed by atoms with Crippen LogP contribution >= 0.6 is 23.3 Å². The van der Waals surface area contributed by atoms with E-state index in [2.05, 4.69) is 37.0 Å². The Balaban J connectivity index is 1.63. The largest absolute Gasteiger partial charge is 0.261 e. The summed E-state index contributed by atoms with van der Waals surface area (Å²) in [7, 11) is 0. The van der Waals surface area contributed by atoms with Gasteiger partial charge in [0.2, 0.25) is 0 Å². The first-order valence-corrected chi connectivity index (χ1v) is 7.82. The first kappa shape index (κ1) is 11.5. The maximum atomic E-state index is 4.43. The summed E-state index contributed by atoms with van der Waals surface area (Å²) in [6.07, 6.45) is 4.94. The van der Waals surface area contributed by atoms with Gasteiger partial charge in [0.15, 0.2) is 5.65 Å². The summed E-state index contributed by atoms with van der Waals surface area (Å²) >= 11 is 3.64. The topological polar surface area (TPSA) is 44.8 Å². The summed E-state index contributed by atoms with van der Waals surface area (Å²) in [4.78, 5) is 4.43. The smallest absolute Gasteiger partial charge is 0.155 e. The molecule has 4 heterocycles. The van der Waals surface area contributed by atoms with E-state index in [0.29, 0.717) is 0 Å². The Kier molecular flexibility index (Phi) is 2.79. The minimum atomic E-state index is 0.901. The van der Waals surface area contributed by atoms with Gasteiger partial charge >= 0.3 is 0 Å². The first-order chi connectivity index (χ1) is 9.40. The number of thiophene rings is 1. The second-order valence-corrected chi connectivity index (χ2v) is 6.88. The fraction of sp³-hybridized carbons (Fsp3) is 0.231.